The van der Waals surface area contributed by atoms with Crippen LogP contribution in [0.25, 0.3) is 11.4 Å². The van der Waals surface area contributed by atoms with Gasteiger partial charge in [0.05, 0.1) is 5.56 Å². The monoisotopic (exact) mass is 465 g/mol. The van der Waals surface area contributed by atoms with Crippen LogP contribution in [0.1, 0.15) is 38.1 Å². The van der Waals surface area contributed by atoms with Crippen LogP contribution in [0.3, 0.4) is 0 Å². The molecular formula is C24H24FN5O2S. The molecular weight excluding hydrogens is 441 g/mol. The minimum absolute atomic E-state index is 0.0979. The van der Waals surface area contributed by atoms with E-state index in [4.69, 9.17) is 0 Å². The van der Waals surface area contributed by atoms with Crippen LogP contribution in [0, 0.1) is 5.82 Å². The number of halogens is 1. The molecule has 5 rings (SSSR count). The van der Waals surface area contributed by atoms with Gasteiger partial charge in [0, 0.05) is 42.6 Å². The molecule has 2 amide bonds. The summed E-state index contributed by atoms with van der Waals surface area (Å²) in [7, 11) is 0. The van der Waals surface area contributed by atoms with Gasteiger partial charge in [-0.25, -0.2) is 4.39 Å². The number of nitrogens with zero attached hydrogens (tertiary/aromatic N) is 4. The first-order valence-corrected chi connectivity index (χ1v) is 12.1. The van der Waals surface area contributed by atoms with Crippen molar-refractivity contribution in [2.45, 2.75) is 43.3 Å². The Morgan fingerprint density at radius 3 is 2.61 bits per heavy atom. The van der Waals surface area contributed by atoms with Crippen molar-refractivity contribution in [3.05, 3.63) is 54.3 Å². The molecule has 0 radical (unpaired) electrons. The Balaban J connectivity index is 1.18. The molecule has 2 fully saturated rings. The lowest BCUT2D eigenvalue weighted by molar-refractivity contribution is -0.117. The van der Waals surface area contributed by atoms with Gasteiger partial charge in [-0.2, -0.15) is 0 Å². The Bertz CT molecular complexity index is 1180. The van der Waals surface area contributed by atoms with Gasteiger partial charge in [-0.05, 0) is 55.7 Å². The Hall–Kier alpha value is -3.20. The number of aromatic nitrogens is 3. The second-order valence-corrected chi connectivity index (χ2v) is 9.29. The Kier molecular flexibility index (Phi) is 6.13. The Morgan fingerprint density at radius 2 is 1.91 bits per heavy atom. The van der Waals surface area contributed by atoms with Crippen LogP contribution in [0.2, 0.25) is 0 Å². The second kappa shape index (κ2) is 9.35. The van der Waals surface area contributed by atoms with E-state index in [1.165, 1.54) is 17.8 Å². The van der Waals surface area contributed by atoms with Crippen molar-refractivity contribution in [3.63, 3.8) is 0 Å². The van der Waals surface area contributed by atoms with E-state index >= 15 is 0 Å². The summed E-state index contributed by atoms with van der Waals surface area (Å²) in [6.45, 7) is 0.742. The number of anilines is 2. The number of nitrogens with one attached hydrogen (secondary N) is 1. The topological polar surface area (TPSA) is 80.1 Å². The molecule has 7 nitrogen and oxygen atoms in total. The summed E-state index contributed by atoms with van der Waals surface area (Å²) in [6.07, 6.45) is 3.82. The van der Waals surface area contributed by atoms with Crippen molar-refractivity contribution >= 4 is 35.0 Å². The molecule has 0 bridgehead atoms. The average Bonchev–Trinajstić information content (AvgIpc) is 3.43. The maximum absolute atomic E-state index is 14.3. The lowest BCUT2D eigenvalue weighted by Crippen LogP contribution is -2.23. The van der Waals surface area contributed by atoms with Crippen LogP contribution in [0.5, 0.6) is 0 Å². The number of thioether (sulfide) groups is 1. The van der Waals surface area contributed by atoms with Crippen molar-refractivity contribution in [1.29, 1.82) is 0 Å². The molecule has 2 heterocycles. The van der Waals surface area contributed by atoms with Crippen molar-refractivity contribution in [3.8, 4) is 11.4 Å². The number of rotatable bonds is 8. The molecule has 1 aliphatic carbocycles. The zero-order valence-electron chi connectivity index (χ0n) is 18.0. The first-order valence-electron chi connectivity index (χ1n) is 11.1. The SMILES string of the molecule is O=C(CCSc1nnc(-c2ccccc2F)n1C1CC1)Nc1ccc(N2CCCC2=O)cc1. The molecule has 1 saturated carbocycles. The molecule has 1 aliphatic heterocycles. The fraction of sp³-hybridized carbons (Fsp3) is 0.333. The maximum Gasteiger partial charge on any atom is 0.227 e. The Labute approximate surface area is 195 Å². The van der Waals surface area contributed by atoms with Crippen molar-refractivity contribution in [2.75, 3.05) is 22.5 Å². The molecule has 1 saturated heterocycles. The van der Waals surface area contributed by atoms with Gasteiger partial charge in [-0.3, -0.25) is 14.2 Å². The van der Waals surface area contributed by atoms with E-state index in [1.54, 1.807) is 23.1 Å². The third kappa shape index (κ3) is 4.78. The maximum atomic E-state index is 14.3. The number of benzene rings is 2. The zero-order valence-corrected chi connectivity index (χ0v) is 18.9. The minimum atomic E-state index is -0.317. The zero-order chi connectivity index (χ0) is 22.8. The summed E-state index contributed by atoms with van der Waals surface area (Å²) in [4.78, 5) is 26.1. The van der Waals surface area contributed by atoms with Gasteiger partial charge in [0.15, 0.2) is 11.0 Å². The van der Waals surface area contributed by atoms with Gasteiger partial charge in [0.2, 0.25) is 11.8 Å². The standard InChI is InChI=1S/C24H24FN5O2S/c25-20-5-2-1-4-19(20)23-27-28-24(30(23)18-11-12-18)33-15-13-21(31)26-16-7-9-17(10-8-16)29-14-3-6-22(29)32/h1-2,4-5,7-10,18H,3,6,11-15H2,(H,26,31). The van der Waals surface area contributed by atoms with E-state index in [2.05, 4.69) is 15.5 Å². The molecule has 33 heavy (non-hydrogen) atoms. The number of carbonyl (C=O) groups is 2. The number of hydrogen-bond acceptors (Lipinski definition) is 5. The molecule has 2 aromatic carbocycles. The molecule has 0 spiro atoms. The smallest absolute Gasteiger partial charge is 0.227 e. The van der Waals surface area contributed by atoms with Gasteiger partial charge < -0.3 is 10.2 Å². The van der Waals surface area contributed by atoms with E-state index in [0.29, 0.717) is 40.8 Å². The normalized spacial score (nSPS) is 15.8. The summed E-state index contributed by atoms with van der Waals surface area (Å²) >= 11 is 1.46. The summed E-state index contributed by atoms with van der Waals surface area (Å²) in [5.74, 6) is 0.802. The first-order chi connectivity index (χ1) is 16.1. The molecule has 3 aromatic rings. The molecule has 1 aromatic heterocycles. The quantitative estimate of drug-likeness (QED) is 0.489. The molecule has 2 aliphatic rings. The number of carbonyl (C=O) groups excluding carboxylic acids is 2. The fourth-order valence-electron chi connectivity index (χ4n) is 3.97. The molecule has 170 valence electrons. The largest absolute Gasteiger partial charge is 0.326 e. The van der Waals surface area contributed by atoms with E-state index < -0.39 is 0 Å². The van der Waals surface area contributed by atoms with Gasteiger partial charge >= 0.3 is 0 Å². The first kappa shape index (κ1) is 21.6. The van der Waals surface area contributed by atoms with Crippen LogP contribution in [0.15, 0.2) is 53.7 Å². The highest BCUT2D eigenvalue weighted by atomic mass is 32.2. The third-order valence-electron chi connectivity index (χ3n) is 5.79. The summed E-state index contributed by atoms with van der Waals surface area (Å²) in [5, 5.41) is 12.1. The van der Waals surface area contributed by atoms with Crippen LogP contribution in [-0.4, -0.2) is 38.9 Å². The van der Waals surface area contributed by atoms with Crippen LogP contribution in [0.4, 0.5) is 15.8 Å². The Morgan fingerprint density at radius 1 is 1.12 bits per heavy atom. The number of amides is 2. The minimum Gasteiger partial charge on any atom is -0.326 e. The average molecular weight is 466 g/mol. The van der Waals surface area contributed by atoms with Gasteiger partial charge in [-0.15, -0.1) is 10.2 Å². The molecule has 0 atom stereocenters. The van der Waals surface area contributed by atoms with Crippen LogP contribution >= 0.6 is 11.8 Å². The van der Waals surface area contributed by atoms with E-state index in [1.807, 2.05) is 28.8 Å². The van der Waals surface area contributed by atoms with Crippen LogP contribution in [-0.2, 0) is 9.59 Å². The molecule has 0 unspecified atom stereocenters. The summed E-state index contributed by atoms with van der Waals surface area (Å²) in [5.41, 5.74) is 2.00. The summed E-state index contributed by atoms with van der Waals surface area (Å²) < 4.78 is 16.3. The lowest BCUT2D eigenvalue weighted by Gasteiger charge is -2.16. The predicted octanol–water partition coefficient (Wildman–Crippen LogP) is 4.67. The molecule has 9 heteroatoms. The van der Waals surface area contributed by atoms with Crippen molar-refractivity contribution in [1.82, 2.24) is 14.8 Å². The second-order valence-electron chi connectivity index (χ2n) is 8.23. The van der Waals surface area contributed by atoms with Gasteiger partial charge in [-0.1, -0.05) is 23.9 Å². The van der Waals surface area contributed by atoms with Gasteiger partial charge in [0.1, 0.15) is 5.82 Å². The van der Waals surface area contributed by atoms with E-state index in [-0.39, 0.29) is 23.7 Å². The van der Waals surface area contributed by atoms with Crippen molar-refractivity contribution < 1.29 is 14.0 Å². The fourth-order valence-corrected chi connectivity index (χ4v) is 4.91. The van der Waals surface area contributed by atoms with Crippen LogP contribution < -0.4 is 10.2 Å². The van der Waals surface area contributed by atoms with Crippen molar-refractivity contribution in [2.24, 2.45) is 0 Å². The lowest BCUT2D eigenvalue weighted by atomic mass is 10.2. The van der Waals surface area contributed by atoms with E-state index in [0.717, 1.165) is 31.5 Å². The third-order valence-corrected chi connectivity index (χ3v) is 6.73. The highest BCUT2D eigenvalue weighted by Gasteiger charge is 2.31. The highest BCUT2D eigenvalue weighted by Crippen LogP contribution is 2.41. The van der Waals surface area contributed by atoms with E-state index in [9.17, 15) is 14.0 Å². The number of hydrogen-bond donors (Lipinski definition) is 1. The van der Waals surface area contributed by atoms with Gasteiger partial charge in [0.25, 0.3) is 0 Å². The summed E-state index contributed by atoms with van der Waals surface area (Å²) in [6, 6.07) is 14.2. The highest BCUT2D eigenvalue weighted by molar-refractivity contribution is 7.99. The predicted molar refractivity (Wildman–Crippen MR) is 126 cm³/mol. The molecule has 1 N–H and O–H groups in total.